The smallest absolute Gasteiger partial charge is 0.355 e. The summed E-state index contributed by atoms with van der Waals surface area (Å²) in [6.45, 7) is 4.15. The minimum absolute atomic E-state index is 0.0964. The molecule has 11 heteroatoms. The van der Waals surface area contributed by atoms with Crippen LogP contribution in [-0.4, -0.2) is 73.4 Å². The number of nitrogens with zero attached hydrogens (tertiary/aromatic N) is 1. The lowest BCUT2D eigenvalue weighted by molar-refractivity contribution is 0.0579. The molecule has 46 heavy (non-hydrogen) atoms. The molecule has 0 atom stereocenters. The molecule has 0 amide bonds. The third-order valence-electron chi connectivity index (χ3n) is 7.84. The molecule has 11 nitrogen and oxygen atoms in total. The highest BCUT2D eigenvalue weighted by Gasteiger charge is 2.35. The van der Waals surface area contributed by atoms with Gasteiger partial charge in [-0.3, -0.25) is 0 Å². The Bertz CT molecular complexity index is 1620. The number of carbonyl (C=O) groups excluding carboxylic acids is 2. The van der Waals surface area contributed by atoms with Gasteiger partial charge in [0.15, 0.2) is 23.0 Å². The molecule has 0 fully saturated rings. The summed E-state index contributed by atoms with van der Waals surface area (Å²) in [4.78, 5) is 27.7. The van der Waals surface area contributed by atoms with Crippen LogP contribution < -0.4 is 28.4 Å². The van der Waals surface area contributed by atoms with Gasteiger partial charge in [0, 0.05) is 17.7 Å². The van der Waals surface area contributed by atoms with Crippen molar-refractivity contribution in [2.45, 2.75) is 20.4 Å². The molecule has 0 radical (unpaired) electrons. The van der Waals surface area contributed by atoms with Gasteiger partial charge < -0.3 is 42.5 Å². The van der Waals surface area contributed by atoms with Crippen LogP contribution >= 0.6 is 0 Å². The third-order valence-corrected chi connectivity index (χ3v) is 7.84. The highest BCUT2D eigenvalue weighted by molar-refractivity contribution is 6.10. The number of hydrogen-bond acceptors (Lipinski definition) is 10. The number of aromatic nitrogens is 1. The lowest BCUT2D eigenvalue weighted by Crippen LogP contribution is -2.18. The minimum Gasteiger partial charge on any atom is -0.493 e. The Kier molecular flexibility index (Phi) is 10.4. The fourth-order valence-electron chi connectivity index (χ4n) is 5.49. The molecule has 0 saturated carbocycles. The minimum atomic E-state index is -0.684. The topological polar surface area (TPSA) is 113 Å². The lowest BCUT2D eigenvalue weighted by atomic mass is 9.93. The van der Waals surface area contributed by atoms with Crippen LogP contribution in [0.2, 0.25) is 0 Å². The van der Waals surface area contributed by atoms with Gasteiger partial charge in [-0.25, -0.2) is 9.59 Å². The zero-order chi connectivity index (χ0) is 33.7. The lowest BCUT2D eigenvalue weighted by Gasteiger charge is -2.17. The van der Waals surface area contributed by atoms with Gasteiger partial charge in [0.05, 0.1) is 56.9 Å². The molecule has 0 unspecified atom stereocenters. The first-order chi connectivity index (χ1) is 22.1. The second kappa shape index (κ2) is 14.2. The van der Waals surface area contributed by atoms with Gasteiger partial charge in [-0.2, -0.15) is 0 Å². The van der Waals surface area contributed by atoms with Gasteiger partial charge in [-0.05, 0) is 65.9 Å². The molecule has 0 aliphatic rings. The highest BCUT2D eigenvalue weighted by atomic mass is 16.5. The van der Waals surface area contributed by atoms with Crippen LogP contribution in [0.25, 0.3) is 22.3 Å². The van der Waals surface area contributed by atoms with E-state index in [1.54, 1.807) is 28.8 Å². The van der Waals surface area contributed by atoms with Crippen molar-refractivity contribution < 1.29 is 47.5 Å². The molecular formula is C35H39NO10. The largest absolute Gasteiger partial charge is 0.493 e. The van der Waals surface area contributed by atoms with Crippen molar-refractivity contribution >= 4 is 11.9 Å². The normalized spacial score (nSPS) is 10.7. The van der Waals surface area contributed by atoms with Crippen molar-refractivity contribution in [2.75, 3.05) is 56.9 Å². The number of rotatable bonds is 12. The highest BCUT2D eigenvalue weighted by Crippen LogP contribution is 2.49. The van der Waals surface area contributed by atoms with E-state index in [0.29, 0.717) is 56.8 Å². The van der Waals surface area contributed by atoms with E-state index < -0.39 is 11.9 Å². The van der Waals surface area contributed by atoms with E-state index in [2.05, 4.69) is 0 Å². The SMILES string of the molecule is COC(=O)c1c(-c2cc(OC)c(OC)c(OC)c2)c(-c2cc(OC)c(OC)c(OC)c2)c(C(=O)OC)n1Cc1ccc(C)c(C)c1. The fraction of sp³-hybridized carbons (Fsp3) is 0.314. The van der Waals surface area contributed by atoms with Crippen molar-refractivity contribution in [3.05, 3.63) is 70.5 Å². The first-order valence-electron chi connectivity index (χ1n) is 14.2. The second-order valence-electron chi connectivity index (χ2n) is 10.3. The maximum atomic E-state index is 13.9. The Morgan fingerprint density at radius 3 is 1.24 bits per heavy atom. The Labute approximate surface area is 268 Å². The maximum Gasteiger partial charge on any atom is 0.355 e. The Morgan fingerprint density at radius 2 is 0.935 bits per heavy atom. The molecule has 4 rings (SSSR count). The first-order valence-corrected chi connectivity index (χ1v) is 14.2. The van der Waals surface area contributed by atoms with E-state index in [1.165, 1.54) is 56.9 Å². The predicted octanol–water partition coefficient (Wildman–Crippen LogP) is 6.11. The summed E-state index contributed by atoms with van der Waals surface area (Å²) in [5, 5.41) is 0. The van der Waals surface area contributed by atoms with Gasteiger partial charge in [-0.15, -0.1) is 0 Å². The van der Waals surface area contributed by atoms with Gasteiger partial charge in [0.1, 0.15) is 11.4 Å². The van der Waals surface area contributed by atoms with Gasteiger partial charge >= 0.3 is 11.9 Å². The molecule has 1 heterocycles. The number of carbonyl (C=O) groups is 2. The molecule has 0 aliphatic heterocycles. The summed E-state index contributed by atoms with van der Waals surface area (Å²) in [5.41, 5.74) is 4.85. The fourth-order valence-corrected chi connectivity index (χ4v) is 5.49. The van der Waals surface area contributed by atoms with E-state index >= 15 is 0 Å². The van der Waals surface area contributed by atoms with E-state index in [1.807, 2.05) is 32.0 Å². The molecule has 0 saturated heterocycles. The van der Waals surface area contributed by atoms with Crippen molar-refractivity contribution in [3.8, 4) is 56.8 Å². The summed E-state index contributed by atoms with van der Waals surface area (Å²) in [5.74, 6) is 0.689. The summed E-state index contributed by atoms with van der Waals surface area (Å²) in [7, 11) is 11.5. The molecule has 1 aromatic heterocycles. The van der Waals surface area contributed by atoms with Gasteiger partial charge in [-0.1, -0.05) is 18.2 Å². The number of ether oxygens (including phenoxy) is 8. The molecular weight excluding hydrogens is 594 g/mol. The van der Waals surface area contributed by atoms with E-state index in [4.69, 9.17) is 37.9 Å². The Hall–Kier alpha value is -5.32. The van der Waals surface area contributed by atoms with Crippen LogP contribution in [0.5, 0.6) is 34.5 Å². The Morgan fingerprint density at radius 1 is 0.543 bits per heavy atom. The van der Waals surface area contributed by atoms with Crippen molar-refractivity contribution in [1.82, 2.24) is 4.57 Å². The standard InChI is InChI=1S/C35H39NO10/c1-19-11-12-21(13-20(19)2)18-36-30(34(37)45-9)28(22-14-24(39-3)32(43-7)25(15-22)40-4)29(31(36)35(38)46-10)23-16-26(41-5)33(44-8)27(17-23)42-6/h11-17H,18H2,1-10H3. The van der Waals surface area contributed by atoms with E-state index in [-0.39, 0.29) is 17.9 Å². The molecule has 0 aliphatic carbocycles. The van der Waals surface area contributed by atoms with Crippen LogP contribution in [-0.2, 0) is 16.0 Å². The number of benzene rings is 3. The monoisotopic (exact) mass is 633 g/mol. The average molecular weight is 634 g/mol. The quantitative estimate of drug-likeness (QED) is 0.169. The molecule has 244 valence electrons. The van der Waals surface area contributed by atoms with Gasteiger partial charge in [0.2, 0.25) is 11.5 Å². The molecule has 0 N–H and O–H groups in total. The Balaban J connectivity index is 2.28. The van der Waals surface area contributed by atoms with Crippen LogP contribution in [0.15, 0.2) is 42.5 Å². The zero-order valence-electron chi connectivity index (χ0n) is 27.8. The molecule has 3 aromatic carbocycles. The van der Waals surface area contributed by atoms with Crippen LogP contribution in [0, 0.1) is 13.8 Å². The maximum absolute atomic E-state index is 13.9. The van der Waals surface area contributed by atoms with Crippen molar-refractivity contribution in [3.63, 3.8) is 0 Å². The summed E-state index contributed by atoms with van der Waals surface area (Å²) in [6, 6.07) is 12.7. The van der Waals surface area contributed by atoms with Crippen molar-refractivity contribution in [2.24, 2.45) is 0 Å². The number of hydrogen-bond donors (Lipinski definition) is 0. The second-order valence-corrected chi connectivity index (χ2v) is 10.3. The van der Waals surface area contributed by atoms with Gasteiger partial charge in [0.25, 0.3) is 0 Å². The molecule has 0 spiro atoms. The predicted molar refractivity (Wildman–Crippen MR) is 172 cm³/mol. The number of aryl methyl sites for hydroxylation is 2. The van der Waals surface area contributed by atoms with Crippen LogP contribution in [0.1, 0.15) is 37.7 Å². The van der Waals surface area contributed by atoms with Crippen LogP contribution in [0.4, 0.5) is 0 Å². The van der Waals surface area contributed by atoms with Crippen molar-refractivity contribution in [1.29, 1.82) is 0 Å². The number of esters is 2. The average Bonchev–Trinajstić information content (AvgIpc) is 3.41. The molecule has 0 bridgehead atoms. The van der Waals surface area contributed by atoms with E-state index in [0.717, 1.165) is 16.7 Å². The summed E-state index contributed by atoms with van der Waals surface area (Å²) >= 11 is 0. The van der Waals surface area contributed by atoms with Crippen LogP contribution in [0.3, 0.4) is 0 Å². The summed E-state index contributed by atoms with van der Waals surface area (Å²) < 4.78 is 46.1. The third kappa shape index (κ3) is 6.00. The zero-order valence-corrected chi connectivity index (χ0v) is 27.8. The number of methoxy groups -OCH3 is 8. The first kappa shape index (κ1) is 33.6. The van der Waals surface area contributed by atoms with E-state index in [9.17, 15) is 9.59 Å². The molecule has 4 aromatic rings. The summed E-state index contributed by atoms with van der Waals surface area (Å²) in [6.07, 6.45) is 0.